The topological polar surface area (TPSA) is 38.0 Å². The van der Waals surface area contributed by atoms with Crippen molar-refractivity contribution in [1.82, 2.24) is 0 Å². The lowest BCUT2D eigenvalue weighted by Crippen LogP contribution is -1.98. The van der Waals surface area contributed by atoms with Crippen molar-refractivity contribution in [2.45, 2.75) is 20.3 Å². The Hall–Kier alpha value is -1.96. The second kappa shape index (κ2) is 4.91. The van der Waals surface area contributed by atoms with Crippen LogP contribution >= 0.6 is 0 Å². The second-order valence-corrected chi connectivity index (χ2v) is 4.21. The lowest BCUT2D eigenvalue weighted by Gasteiger charge is -2.13. The zero-order valence-electron chi connectivity index (χ0n) is 10.3. The van der Waals surface area contributed by atoms with E-state index < -0.39 is 0 Å². The van der Waals surface area contributed by atoms with E-state index in [1.165, 1.54) is 11.1 Å². The van der Waals surface area contributed by atoms with Crippen LogP contribution in [0.5, 0.6) is 0 Å². The molecule has 0 aliphatic rings. The zero-order chi connectivity index (χ0) is 12.3. The number of anilines is 3. The molecule has 0 radical (unpaired) electrons. The van der Waals surface area contributed by atoms with E-state index >= 15 is 0 Å². The van der Waals surface area contributed by atoms with Crippen molar-refractivity contribution in [3.05, 3.63) is 53.6 Å². The summed E-state index contributed by atoms with van der Waals surface area (Å²) in [5.41, 5.74) is 11.4. The lowest BCUT2D eigenvalue weighted by molar-refractivity contribution is 1.14. The molecule has 0 spiro atoms. The summed E-state index contributed by atoms with van der Waals surface area (Å²) >= 11 is 0. The Morgan fingerprint density at radius 3 is 2.53 bits per heavy atom. The number of nitrogens with one attached hydrogen (secondary N) is 1. The molecular weight excluding hydrogens is 208 g/mol. The predicted molar refractivity (Wildman–Crippen MR) is 74.7 cm³/mol. The fourth-order valence-corrected chi connectivity index (χ4v) is 1.89. The molecule has 88 valence electrons. The Morgan fingerprint density at radius 1 is 1.06 bits per heavy atom. The highest BCUT2D eigenvalue weighted by Gasteiger charge is 2.03. The van der Waals surface area contributed by atoms with Crippen molar-refractivity contribution in [1.29, 1.82) is 0 Å². The third-order valence-corrected chi connectivity index (χ3v) is 2.92. The molecule has 0 heterocycles. The van der Waals surface area contributed by atoms with E-state index in [0.717, 1.165) is 23.5 Å². The van der Waals surface area contributed by atoms with E-state index in [1.54, 1.807) is 0 Å². The van der Waals surface area contributed by atoms with Crippen LogP contribution in [0.15, 0.2) is 42.5 Å². The molecule has 0 unspecified atom stereocenters. The van der Waals surface area contributed by atoms with Gasteiger partial charge in [0.05, 0.1) is 0 Å². The number of aryl methyl sites for hydroxylation is 2. The number of nitrogens with two attached hydrogens (primary N) is 1. The highest BCUT2D eigenvalue weighted by Crippen LogP contribution is 2.25. The van der Waals surface area contributed by atoms with Gasteiger partial charge in [-0.1, -0.05) is 25.1 Å². The van der Waals surface area contributed by atoms with Crippen LogP contribution < -0.4 is 11.1 Å². The van der Waals surface area contributed by atoms with Crippen molar-refractivity contribution in [3.8, 4) is 0 Å². The van der Waals surface area contributed by atoms with Crippen molar-refractivity contribution in [2.75, 3.05) is 11.1 Å². The first-order valence-electron chi connectivity index (χ1n) is 5.91. The fourth-order valence-electron chi connectivity index (χ4n) is 1.89. The third-order valence-electron chi connectivity index (χ3n) is 2.92. The smallest absolute Gasteiger partial charge is 0.0418 e. The average molecular weight is 226 g/mol. The molecule has 0 aromatic heterocycles. The lowest BCUT2D eigenvalue weighted by atomic mass is 10.1. The molecule has 2 aromatic carbocycles. The molecule has 2 nitrogen and oxygen atoms in total. The third kappa shape index (κ3) is 2.59. The van der Waals surface area contributed by atoms with Crippen molar-refractivity contribution in [2.24, 2.45) is 0 Å². The summed E-state index contributed by atoms with van der Waals surface area (Å²) in [6.07, 6.45) is 0.971. The molecule has 0 saturated carbocycles. The summed E-state index contributed by atoms with van der Waals surface area (Å²) in [7, 11) is 0. The Balaban J connectivity index is 2.33. The molecule has 0 atom stereocenters. The first kappa shape index (κ1) is 11.5. The maximum atomic E-state index is 5.80. The van der Waals surface area contributed by atoms with E-state index in [2.05, 4.69) is 31.3 Å². The van der Waals surface area contributed by atoms with Gasteiger partial charge in [-0.3, -0.25) is 0 Å². The van der Waals surface area contributed by atoms with E-state index in [0.29, 0.717) is 0 Å². The van der Waals surface area contributed by atoms with Gasteiger partial charge in [0.15, 0.2) is 0 Å². The number of rotatable bonds is 3. The van der Waals surface area contributed by atoms with Crippen LogP contribution in [0.4, 0.5) is 17.1 Å². The second-order valence-electron chi connectivity index (χ2n) is 4.21. The molecule has 0 aliphatic carbocycles. The van der Waals surface area contributed by atoms with Crippen molar-refractivity contribution < 1.29 is 0 Å². The first-order chi connectivity index (χ1) is 8.20. The van der Waals surface area contributed by atoms with Gasteiger partial charge in [0, 0.05) is 17.1 Å². The van der Waals surface area contributed by atoms with Gasteiger partial charge in [0.2, 0.25) is 0 Å². The number of benzene rings is 2. The van der Waals surface area contributed by atoms with Crippen LogP contribution in [-0.2, 0) is 6.42 Å². The van der Waals surface area contributed by atoms with Crippen molar-refractivity contribution in [3.63, 3.8) is 0 Å². The number of nitrogen functional groups attached to an aromatic ring is 1. The van der Waals surface area contributed by atoms with Crippen LogP contribution in [0, 0.1) is 6.92 Å². The minimum Gasteiger partial charge on any atom is -0.399 e. The Bertz CT molecular complexity index is 518. The van der Waals surface area contributed by atoms with Gasteiger partial charge >= 0.3 is 0 Å². The van der Waals surface area contributed by atoms with E-state index in [-0.39, 0.29) is 0 Å². The average Bonchev–Trinajstić information content (AvgIpc) is 2.34. The normalized spacial score (nSPS) is 10.2. The summed E-state index contributed by atoms with van der Waals surface area (Å²) in [5.74, 6) is 0. The van der Waals surface area contributed by atoms with Crippen LogP contribution in [-0.4, -0.2) is 0 Å². The zero-order valence-corrected chi connectivity index (χ0v) is 10.3. The molecule has 3 N–H and O–H groups in total. The van der Waals surface area contributed by atoms with Crippen LogP contribution in [0.2, 0.25) is 0 Å². The van der Waals surface area contributed by atoms with Gasteiger partial charge < -0.3 is 11.1 Å². The van der Waals surface area contributed by atoms with Gasteiger partial charge in [-0.05, 0) is 48.7 Å². The molecule has 17 heavy (non-hydrogen) atoms. The highest BCUT2D eigenvalue weighted by molar-refractivity contribution is 5.68. The first-order valence-corrected chi connectivity index (χ1v) is 5.91. The van der Waals surface area contributed by atoms with Gasteiger partial charge in [-0.25, -0.2) is 0 Å². The van der Waals surface area contributed by atoms with Crippen LogP contribution in [0.25, 0.3) is 0 Å². The molecule has 2 aromatic rings. The highest BCUT2D eigenvalue weighted by atomic mass is 14.9. The maximum absolute atomic E-state index is 5.80. The molecule has 0 aliphatic heterocycles. The monoisotopic (exact) mass is 226 g/mol. The summed E-state index contributed by atoms with van der Waals surface area (Å²) in [5, 5.41) is 3.46. The Kier molecular flexibility index (Phi) is 3.33. The fraction of sp³-hybridized carbons (Fsp3) is 0.200. The summed E-state index contributed by atoms with van der Waals surface area (Å²) in [6, 6.07) is 14.3. The summed E-state index contributed by atoms with van der Waals surface area (Å²) in [6.45, 7) is 4.24. The standard InChI is InChI=1S/C15H18N2/c1-3-12-10-13(16)8-9-15(12)17-14-7-5-4-6-11(14)2/h4-10,17H,3,16H2,1-2H3. The predicted octanol–water partition coefficient (Wildman–Crippen LogP) is 3.88. The summed E-state index contributed by atoms with van der Waals surface area (Å²) in [4.78, 5) is 0. The Morgan fingerprint density at radius 2 is 1.82 bits per heavy atom. The number of hydrogen-bond donors (Lipinski definition) is 2. The maximum Gasteiger partial charge on any atom is 0.0418 e. The van der Waals surface area contributed by atoms with E-state index in [1.807, 2.05) is 30.3 Å². The molecule has 0 saturated heterocycles. The van der Waals surface area contributed by atoms with Gasteiger partial charge in [0.25, 0.3) is 0 Å². The minimum absolute atomic E-state index is 0.817. The number of hydrogen-bond acceptors (Lipinski definition) is 2. The van der Waals surface area contributed by atoms with Crippen molar-refractivity contribution >= 4 is 17.1 Å². The molecule has 2 heteroatoms. The molecular formula is C15H18N2. The quantitative estimate of drug-likeness (QED) is 0.779. The van der Waals surface area contributed by atoms with Gasteiger partial charge in [-0.15, -0.1) is 0 Å². The summed E-state index contributed by atoms with van der Waals surface area (Å²) < 4.78 is 0. The molecule has 2 rings (SSSR count). The minimum atomic E-state index is 0.817. The van der Waals surface area contributed by atoms with Crippen LogP contribution in [0.3, 0.4) is 0 Å². The SMILES string of the molecule is CCc1cc(N)ccc1Nc1ccccc1C. The van der Waals surface area contributed by atoms with E-state index in [4.69, 9.17) is 5.73 Å². The molecule has 0 amide bonds. The largest absolute Gasteiger partial charge is 0.399 e. The Labute approximate surface area is 102 Å². The number of para-hydroxylation sites is 1. The molecule has 0 fully saturated rings. The van der Waals surface area contributed by atoms with Gasteiger partial charge in [0.1, 0.15) is 0 Å². The van der Waals surface area contributed by atoms with Crippen LogP contribution in [0.1, 0.15) is 18.1 Å². The van der Waals surface area contributed by atoms with Gasteiger partial charge in [-0.2, -0.15) is 0 Å². The molecule has 0 bridgehead atoms. The van der Waals surface area contributed by atoms with E-state index in [9.17, 15) is 0 Å².